The maximum atomic E-state index is 14.8. The Bertz CT molecular complexity index is 1360. The van der Waals surface area contributed by atoms with Crippen LogP contribution in [0.25, 0.3) is 0 Å². The van der Waals surface area contributed by atoms with E-state index in [-0.39, 0.29) is 49.4 Å². The Kier molecular flexibility index (Phi) is 9.66. The molecule has 0 radical (unpaired) electrons. The van der Waals surface area contributed by atoms with Crippen molar-refractivity contribution in [3.05, 3.63) is 60.2 Å². The number of likely N-dealkylation sites (tertiary alicyclic amines) is 1. The van der Waals surface area contributed by atoms with E-state index in [1.54, 1.807) is 17.1 Å². The van der Waals surface area contributed by atoms with Gasteiger partial charge in [-0.25, -0.2) is 0 Å². The van der Waals surface area contributed by atoms with Crippen LogP contribution in [-0.4, -0.2) is 88.2 Å². The van der Waals surface area contributed by atoms with Gasteiger partial charge in [0.15, 0.2) is 0 Å². The number of benzene rings is 1. The fourth-order valence-corrected chi connectivity index (χ4v) is 8.29. The molecule has 0 aromatic heterocycles. The highest BCUT2D eigenvalue weighted by atomic mass is 16.5. The molecule has 3 amide bonds. The molecule has 0 unspecified atom stereocenters. The van der Waals surface area contributed by atoms with Gasteiger partial charge in [0.05, 0.1) is 36.6 Å². The summed E-state index contributed by atoms with van der Waals surface area (Å²) >= 11 is 0. The van der Waals surface area contributed by atoms with E-state index in [2.05, 4.69) is 5.32 Å². The average Bonchev–Trinajstić information content (AvgIpc) is 3.46. The Morgan fingerprint density at radius 3 is 2.52 bits per heavy atom. The highest BCUT2D eigenvalue weighted by Gasteiger charge is 2.72. The molecule has 4 heterocycles. The van der Waals surface area contributed by atoms with Crippen LogP contribution in [0, 0.1) is 17.8 Å². The second-order valence-corrected chi connectivity index (χ2v) is 13.5. The van der Waals surface area contributed by atoms with Gasteiger partial charge in [0, 0.05) is 19.0 Å². The Hall–Kier alpha value is -3.50. The summed E-state index contributed by atoms with van der Waals surface area (Å²) in [6.45, 7) is 4.03. The minimum Gasteiger partial charge on any atom is -0.463 e. The minimum absolute atomic E-state index is 0.0512. The molecule has 1 saturated carbocycles. The van der Waals surface area contributed by atoms with E-state index >= 15 is 0 Å². The van der Waals surface area contributed by atoms with E-state index in [4.69, 9.17) is 9.47 Å². The summed E-state index contributed by atoms with van der Waals surface area (Å²) in [5, 5.41) is 13.8. The van der Waals surface area contributed by atoms with Crippen molar-refractivity contribution in [3.63, 3.8) is 0 Å². The standard InChI is InChI=1S/C36H47N3O7/c1-3-23(2)27(21-40)39-32-35(44)38(25-15-8-5-9-16-25)20-12-19-36(32)31(34(39)43)30-28(46-36)17-10-11-18-29(41)45-22-26(37-33(30)42)24-13-6-4-7-14-24/h4,6-7,10,12-14,17,19,23,25-28,30-32,40H,3,5,8-9,11,15-16,18,20-22H2,1-2H3,(H,37,42)/b17-10-/t23-,26+,27-,28-,30+,31+,32-,36+/m0/s1. The van der Waals surface area contributed by atoms with E-state index < -0.39 is 47.6 Å². The monoisotopic (exact) mass is 633 g/mol. The van der Waals surface area contributed by atoms with Crippen LogP contribution in [-0.2, 0) is 28.7 Å². The first-order valence-electron chi connectivity index (χ1n) is 17.1. The van der Waals surface area contributed by atoms with E-state index in [0.717, 1.165) is 37.7 Å². The van der Waals surface area contributed by atoms with Crippen molar-refractivity contribution in [1.82, 2.24) is 15.1 Å². The maximum Gasteiger partial charge on any atom is 0.306 e. The molecule has 1 spiro atoms. The number of aliphatic hydroxyl groups is 1. The third-order valence-electron chi connectivity index (χ3n) is 10.9. The van der Waals surface area contributed by atoms with Crippen molar-refractivity contribution in [3.8, 4) is 0 Å². The molecule has 8 atom stereocenters. The van der Waals surface area contributed by atoms with Crippen molar-refractivity contribution in [1.29, 1.82) is 0 Å². The smallest absolute Gasteiger partial charge is 0.306 e. The number of allylic oxidation sites excluding steroid dienone is 1. The molecule has 0 bridgehead atoms. The molecule has 2 saturated heterocycles. The number of fused-ring (bicyclic) bond motifs is 2. The van der Waals surface area contributed by atoms with Gasteiger partial charge in [-0.2, -0.15) is 0 Å². The van der Waals surface area contributed by atoms with Crippen molar-refractivity contribution in [2.75, 3.05) is 19.8 Å². The maximum absolute atomic E-state index is 14.8. The summed E-state index contributed by atoms with van der Waals surface area (Å²) < 4.78 is 12.4. The van der Waals surface area contributed by atoms with Crippen molar-refractivity contribution in [2.45, 2.75) is 101 Å². The van der Waals surface area contributed by atoms with Crippen LogP contribution in [0.4, 0.5) is 0 Å². The molecule has 1 aromatic carbocycles. The number of aliphatic hydroxyl groups excluding tert-OH is 1. The highest BCUT2D eigenvalue weighted by Crippen LogP contribution is 2.54. The Labute approximate surface area is 271 Å². The van der Waals surface area contributed by atoms with E-state index in [9.17, 15) is 24.3 Å². The largest absolute Gasteiger partial charge is 0.463 e. The van der Waals surface area contributed by atoms with Gasteiger partial charge in [-0.15, -0.1) is 0 Å². The van der Waals surface area contributed by atoms with Gasteiger partial charge in [-0.3, -0.25) is 19.2 Å². The Morgan fingerprint density at radius 1 is 1.04 bits per heavy atom. The topological polar surface area (TPSA) is 125 Å². The minimum atomic E-state index is -1.40. The normalized spacial score (nSPS) is 34.3. The lowest BCUT2D eigenvalue weighted by Gasteiger charge is -2.42. The number of amides is 3. The quantitative estimate of drug-likeness (QED) is 0.363. The van der Waals surface area contributed by atoms with Crippen LogP contribution in [0.15, 0.2) is 54.6 Å². The SMILES string of the molecule is CC[C@H](C)[C@H](CO)N1C(=O)[C@H]2[C@@H]3C(=O)N[C@@H](c4ccccc4)COC(=O)CC/C=C\[C@@H]3O[C@]23C=CCN(C2CCCCC2)C(=O)[C@H]13. The summed E-state index contributed by atoms with van der Waals surface area (Å²) in [7, 11) is 0. The van der Waals surface area contributed by atoms with E-state index in [1.807, 2.05) is 61.2 Å². The molecule has 10 heteroatoms. The van der Waals surface area contributed by atoms with Crippen LogP contribution in [0.2, 0.25) is 0 Å². The van der Waals surface area contributed by atoms with Gasteiger partial charge < -0.3 is 29.7 Å². The van der Waals surface area contributed by atoms with Gasteiger partial charge in [-0.1, -0.05) is 94.2 Å². The molecular weight excluding hydrogens is 586 g/mol. The number of hydrogen-bond donors (Lipinski definition) is 2. The zero-order valence-corrected chi connectivity index (χ0v) is 26.9. The molecule has 4 aliphatic heterocycles. The zero-order chi connectivity index (χ0) is 32.4. The fourth-order valence-electron chi connectivity index (χ4n) is 8.29. The lowest BCUT2D eigenvalue weighted by molar-refractivity contribution is -0.153. The number of carbonyl (C=O) groups is 4. The Morgan fingerprint density at radius 2 is 1.80 bits per heavy atom. The van der Waals surface area contributed by atoms with Gasteiger partial charge in [-0.05, 0) is 30.7 Å². The summed E-state index contributed by atoms with van der Waals surface area (Å²) in [5.41, 5.74) is -0.631. The molecule has 46 heavy (non-hydrogen) atoms. The van der Waals surface area contributed by atoms with Gasteiger partial charge in [0.2, 0.25) is 17.7 Å². The second-order valence-electron chi connectivity index (χ2n) is 13.5. The van der Waals surface area contributed by atoms with Gasteiger partial charge in [0.1, 0.15) is 18.2 Å². The number of nitrogens with zero attached hydrogens (tertiary/aromatic N) is 2. The molecule has 6 rings (SSSR count). The number of rotatable bonds is 6. The molecule has 2 N–H and O–H groups in total. The summed E-state index contributed by atoms with van der Waals surface area (Å²) in [5.74, 6) is -3.34. The predicted molar refractivity (Wildman–Crippen MR) is 170 cm³/mol. The highest BCUT2D eigenvalue weighted by molar-refractivity contribution is 6.00. The predicted octanol–water partition coefficient (Wildman–Crippen LogP) is 3.46. The van der Waals surface area contributed by atoms with Crippen LogP contribution in [0.1, 0.15) is 76.8 Å². The first-order valence-corrected chi connectivity index (χ1v) is 17.1. The van der Waals surface area contributed by atoms with Crippen LogP contribution in [0.5, 0.6) is 0 Å². The summed E-state index contributed by atoms with van der Waals surface area (Å²) in [6.07, 6.45) is 12.8. The molecule has 1 aromatic rings. The molecule has 10 nitrogen and oxygen atoms in total. The van der Waals surface area contributed by atoms with E-state index in [0.29, 0.717) is 19.4 Å². The third kappa shape index (κ3) is 5.79. The van der Waals surface area contributed by atoms with E-state index in [1.165, 1.54) is 0 Å². The second kappa shape index (κ2) is 13.7. The molecule has 5 aliphatic rings. The lowest BCUT2D eigenvalue weighted by atomic mass is 9.77. The van der Waals surface area contributed by atoms with Crippen LogP contribution < -0.4 is 5.32 Å². The number of hydrogen-bond acceptors (Lipinski definition) is 7. The van der Waals surface area contributed by atoms with Crippen molar-refractivity contribution >= 4 is 23.7 Å². The molecule has 248 valence electrons. The van der Waals surface area contributed by atoms with Crippen LogP contribution >= 0.6 is 0 Å². The van der Waals surface area contributed by atoms with Gasteiger partial charge >= 0.3 is 5.97 Å². The zero-order valence-electron chi connectivity index (χ0n) is 26.9. The number of ether oxygens (including phenoxy) is 2. The van der Waals surface area contributed by atoms with Crippen molar-refractivity contribution in [2.24, 2.45) is 17.8 Å². The average molecular weight is 634 g/mol. The fraction of sp³-hybridized carbons (Fsp3) is 0.611. The third-order valence-corrected chi connectivity index (χ3v) is 10.9. The Balaban J connectivity index is 1.44. The van der Waals surface area contributed by atoms with Crippen LogP contribution in [0.3, 0.4) is 0 Å². The molecular formula is C36H47N3O7. The first kappa shape index (κ1) is 32.4. The number of cyclic esters (lactones) is 1. The summed E-state index contributed by atoms with van der Waals surface area (Å²) in [4.78, 5) is 60.1. The van der Waals surface area contributed by atoms with Gasteiger partial charge in [0.25, 0.3) is 0 Å². The molecule has 3 fully saturated rings. The molecule has 1 aliphatic carbocycles. The number of esters is 1. The summed E-state index contributed by atoms with van der Waals surface area (Å²) in [6, 6.07) is 7.09. The lowest BCUT2D eigenvalue weighted by Crippen LogP contribution is -2.60. The number of carbonyl (C=O) groups excluding carboxylic acids is 4. The first-order chi connectivity index (χ1) is 22.3. The van der Waals surface area contributed by atoms with Crippen molar-refractivity contribution < 1.29 is 33.8 Å². The number of nitrogens with one attached hydrogen (secondary N) is 1.